The normalized spacial score (nSPS) is 19.8. The Morgan fingerprint density at radius 1 is 0.962 bits per heavy atom. The Balaban J connectivity index is 1.47. The number of anilines is 1. The maximum absolute atomic E-state index is 12.3. The fourth-order valence-corrected chi connectivity index (χ4v) is 3.38. The summed E-state index contributed by atoms with van der Waals surface area (Å²) in [5, 5.41) is 7.96. The molecule has 4 rings (SSSR count). The summed E-state index contributed by atoms with van der Waals surface area (Å²) in [5.41, 5.74) is 1.63. The van der Waals surface area contributed by atoms with E-state index in [-0.39, 0.29) is 11.6 Å². The van der Waals surface area contributed by atoms with Gasteiger partial charge in [0.05, 0.1) is 11.7 Å². The van der Waals surface area contributed by atoms with Gasteiger partial charge < -0.3 is 5.32 Å². The highest BCUT2D eigenvalue weighted by Crippen LogP contribution is 2.28. The van der Waals surface area contributed by atoms with Crippen molar-refractivity contribution in [1.29, 1.82) is 0 Å². The monoisotopic (exact) mass is 348 g/mol. The van der Waals surface area contributed by atoms with Crippen LogP contribution in [0, 0.1) is 0 Å². The maximum Gasteiger partial charge on any atom is 0.267 e. The first kappa shape index (κ1) is 16.4. The predicted octanol–water partition coefficient (Wildman–Crippen LogP) is 2.69. The van der Waals surface area contributed by atoms with Crippen LogP contribution >= 0.6 is 0 Å². The maximum atomic E-state index is 12.3. The molecule has 0 unspecified atom stereocenters. The number of hydrogen-bond donors (Lipinski definition) is 1. The van der Waals surface area contributed by atoms with Crippen LogP contribution in [0.4, 0.5) is 5.95 Å². The first-order valence-corrected chi connectivity index (χ1v) is 8.83. The van der Waals surface area contributed by atoms with Crippen molar-refractivity contribution in [3.63, 3.8) is 0 Å². The molecule has 3 aromatic heterocycles. The molecule has 0 aliphatic heterocycles. The summed E-state index contributed by atoms with van der Waals surface area (Å²) in [4.78, 5) is 24.9. The average Bonchev–Trinajstić information content (AvgIpc) is 2.71. The highest BCUT2D eigenvalue weighted by molar-refractivity contribution is 5.56. The molecule has 132 valence electrons. The lowest BCUT2D eigenvalue weighted by atomic mass is 9.91. The Labute approximate surface area is 151 Å². The number of hydrogen-bond acceptors (Lipinski definition) is 6. The molecule has 26 heavy (non-hydrogen) atoms. The Morgan fingerprint density at radius 2 is 1.77 bits per heavy atom. The van der Waals surface area contributed by atoms with Crippen molar-refractivity contribution in [1.82, 2.24) is 24.7 Å². The van der Waals surface area contributed by atoms with E-state index in [0.717, 1.165) is 36.9 Å². The van der Waals surface area contributed by atoms with Crippen LogP contribution in [0.1, 0.15) is 31.7 Å². The van der Waals surface area contributed by atoms with Gasteiger partial charge in [-0.15, -0.1) is 0 Å². The molecule has 1 aliphatic carbocycles. The van der Waals surface area contributed by atoms with E-state index >= 15 is 0 Å². The van der Waals surface area contributed by atoms with Crippen LogP contribution in [0.15, 0.2) is 59.9 Å². The van der Waals surface area contributed by atoms with Gasteiger partial charge in [-0.2, -0.15) is 5.10 Å². The van der Waals surface area contributed by atoms with Crippen LogP contribution < -0.4 is 10.9 Å². The summed E-state index contributed by atoms with van der Waals surface area (Å²) in [6.07, 6.45) is 10.6. The van der Waals surface area contributed by atoms with Crippen LogP contribution in [0.5, 0.6) is 0 Å². The second-order valence-corrected chi connectivity index (χ2v) is 6.47. The topological polar surface area (TPSA) is 85.6 Å². The van der Waals surface area contributed by atoms with Gasteiger partial charge >= 0.3 is 0 Å². The van der Waals surface area contributed by atoms with Gasteiger partial charge in [0.1, 0.15) is 0 Å². The zero-order valence-corrected chi connectivity index (χ0v) is 14.3. The van der Waals surface area contributed by atoms with Crippen LogP contribution in [0.3, 0.4) is 0 Å². The Kier molecular flexibility index (Phi) is 4.68. The third kappa shape index (κ3) is 3.61. The van der Waals surface area contributed by atoms with E-state index in [9.17, 15) is 4.79 Å². The molecule has 3 heterocycles. The van der Waals surface area contributed by atoms with Gasteiger partial charge in [-0.3, -0.25) is 9.78 Å². The van der Waals surface area contributed by atoms with Crippen molar-refractivity contribution >= 4 is 5.95 Å². The molecule has 0 amide bonds. The molecule has 0 aromatic carbocycles. The van der Waals surface area contributed by atoms with Crippen molar-refractivity contribution in [2.45, 2.75) is 37.8 Å². The van der Waals surface area contributed by atoms with Gasteiger partial charge in [0.15, 0.2) is 0 Å². The number of aromatic nitrogens is 5. The molecule has 0 bridgehead atoms. The summed E-state index contributed by atoms with van der Waals surface area (Å²) in [6.45, 7) is 0. The lowest BCUT2D eigenvalue weighted by molar-refractivity contribution is 0.304. The van der Waals surface area contributed by atoms with Gasteiger partial charge in [-0.25, -0.2) is 14.6 Å². The van der Waals surface area contributed by atoms with Crippen molar-refractivity contribution in [2.24, 2.45) is 0 Å². The second-order valence-electron chi connectivity index (χ2n) is 6.47. The lowest BCUT2D eigenvalue weighted by Crippen LogP contribution is -2.33. The van der Waals surface area contributed by atoms with Crippen molar-refractivity contribution < 1.29 is 0 Å². The van der Waals surface area contributed by atoms with E-state index in [1.165, 1.54) is 0 Å². The van der Waals surface area contributed by atoms with Crippen molar-refractivity contribution in [3.05, 3.63) is 65.5 Å². The average molecular weight is 348 g/mol. The summed E-state index contributed by atoms with van der Waals surface area (Å²) >= 11 is 0. The first-order valence-electron chi connectivity index (χ1n) is 8.83. The molecular formula is C19H20N6O. The minimum Gasteiger partial charge on any atom is -0.351 e. The zero-order chi connectivity index (χ0) is 17.8. The number of nitrogens with one attached hydrogen (secondary N) is 1. The second kappa shape index (κ2) is 7.43. The van der Waals surface area contributed by atoms with Gasteiger partial charge in [0.2, 0.25) is 5.95 Å². The van der Waals surface area contributed by atoms with Gasteiger partial charge in [-0.05, 0) is 49.9 Å². The van der Waals surface area contributed by atoms with Crippen LogP contribution in [-0.2, 0) is 0 Å². The molecule has 0 saturated heterocycles. The quantitative estimate of drug-likeness (QED) is 0.780. The van der Waals surface area contributed by atoms with Gasteiger partial charge in [0.25, 0.3) is 5.56 Å². The summed E-state index contributed by atoms with van der Waals surface area (Å²) in [6, 6.07) is 9.42. The van der Waals surface area contributed by atoms with Crippen LogP contribution in [0.25, 0.3) is 11.3 Å². The zero-order valence-electron chi connectivity index (χ0n) is 14.3. The largest absolute Gasteiger partial charge is 0.351 e. The van der Waals surface area contributed by atoms with Crippen LogP contribution in [-0.4, -0.2) is 30.8 Å². The molecule has 1 N–H and O–H groups in total. The molecule has 0 spiro atoms. The van der Waals surface area contributed by atoms with Crippen molar-refractivity contribution in [2.75, 3.05) is 5.32 Å². The van der Waals surface area contributed by atoms with E-state index in [4.69, 9.17) is 0 Å². The molecule has 1 aliphatic rings. The van der Waals surface area contributed by atoms with Crippen molar-refractivity contribution in [3.8, 4) is 11.3 Å². The molecular weight excluding hydrogens is 328 g/mol. The minimum absolute atomic E-state index is 0.0551. The summed E-state index contributed by atoms with van der Waals surface area (Å²) < 4.78 is 1.64. The fraction of sp³-hybridized carbons (Fsp3) is 0.316. The van der Waals surface area contributed by atoms with E-state index < -0.39 is 0 Å². The Morgan fingerprint density at radius 3 is 2.50 bits per heavy atom. The third-order valence-electron chi connectivity index (χ3n) is 4.72. The van der Waals surface area contributed by atoms with E-state index in [2.05, 4.69) is 25.4 Å². The standard InChI is InChI=1S/C19H20N6O/c26-18-9-8-17(14-3-1-10-20-13-14)24-25(18)16-6-4-15(5-7-16)23-19-21-11-2-12-22-19/h1-3,8-13,15-16H,4-7H2,(H,21,22,23). The smallest absolute Gasteiger partial charge is 0.267 e. The van der Waals surface area contributed by atoms with Crippen LogP contribution in [0.2, 0.25) is 0 Å². The molecule has 7 nitrogen and oxygen atoms in total. The Bertz CT molecular complexity index is 904. The highest BCUT2D eigenvalue weighted by Gasteiger charge is 2.24. The third-order valence-corrected chi connectivity index (χ3v) is 4.72. The van der Waals surface area contributed by atoms with E-state index in [0.29, 0.717) is 12.0 Å². The number of rotatable bonds is 4. The molecule has 1 saturated carbocycles. The SMILES string of the molecule is O=c1ccc(-c2cccnc2)nn1C1CCC(Nc2ncccn2)CC1. The van der Waals surface area contributed by atoms with Gasteiger partial charge in [-0.1, -0.05) is 0 Å². The molecule has 7 heteroatoms. The van der Waals surface area contributed by atoms with E-state index in [1.807, 2.05) is 12.1 Å². The molecule has 0 atom stereocenters. The molecule has 3 aromatic rings. The lowest BCUT2D eigenvalue weighted by Gasteiger charge is -2.29. The molecule has 0 radical (unpaired) electrons. The minimum atomic E-state index is -0.0551. The fourth-order valence-electron chi connectivity index (χ4n) is 3.38. The highest BCUT2D eigenvalue weighted by atomic mass is 16.1. The predicted molar refractivity (Wildman–Crippen MR) is 98.7 cm³/mol. The molecule has 1 fully saturated rings. The number of pyridine rings is 1. The van der Waals surface area contributed by atoms with E-state index in [1.54, 1.807) is 47.7 Å². The summed E-state index contributed by atoms with van der Waals surface area (Å²) in [5.74, 6) is 0.657. The van der Waals surface area contributed by atoms with Gasteiger partial charge in [0, 0.05) is 42.5 Å². The summed E-state index contributed by atoms with van der Waals surface area (Å²) in [7, 11) is 0. The number of nitrogens with zero attached hydrogens (tertiary/aromatic N) is 5. The first-order chi connectivity index (χ1) is 12.8. The Hall–Kier alpha value is -3.09.